The van der Waals surface area contributed by atoms with Crippen LogP contribution in [0.25, 0.3) is 22.2 Å². The van der Waals surface area contributed by atoms with E-state index in [4.69, 9.17) is 9.41 Å². The molecule has 0 bridgehead atoms. The van der Waals surface area contributed by atoms with E-state index in [-0.39, 0.29) is 10.5 Å². The summed E-state index contributed by atoms with van der Waals surface area (Å²) in [5.74, 6) is 1.33. The third-order valence-electron chi connectivity index (χ3n) is 6.87. The molecule has 0 aliphatic carbocycles. The number of hydrogen-bond donors (Lipinski definition) is 1. The summed E-state index contributed by atoms with van der Waals surface area (Å²) >= 11 is 0. The highest BCUT2D eigenvalue weighted by Crippen LogP contribution is 2.38. The minimum atomic E-state index is -1.85. The van der Waals surface area contributed by atoms with E-state index in [1.807, 2.05) is 56.1 Å². The standard InChI is InChI=1S/C26H35N7OSi/c1-25(2,3)35(7,8)34-17-26(4,5)20-12-24(32-28-15-20)31-23-10-9-21-22(30-23)11-18(13-27-21)19-14-29-33(6)16-19/h9-16H,17H2,1-8H3,(H,30,31,32). The fourth-order valence-electron chi connectivity index (χ4n) is 3.39. The molecule has 0 saturated carbocycles. The van der Waals surface area contributed by atoms with Crippen LogP contribution in [0.5, 0.6) is 0 Å². The highest BCUT2D eigenvalue weighted by atomic mass is 28.4. The lowest BCUT2D eigenvalue weighted by Crippen LogP contribution is -2.44. The van der Waals surface area contributed by atoms with Crippen LogP contribution in [0.3, 0.4) is 0 Å². The number of rotatable bonds is 7. The molecule has 0 radical (unpaired) electrons. The molecule has 35 heavy (non-hydrogen) atoms. The van der Waals surface area contributed by atoms with Crippen molar-refractivity contribution in [3.63, 3.8) is 0 Å². The lowest BCUT2D eigenvalue weighted by Gasteiger charge is -2.39. The minimum absolute atomic E-state index is 0.166. The van der Waals surface area contributed by atoms with E-state index >= 15 is 0 Å². The average molecular weight is 490 g/mol. The second kappa shape index (κ2) is 9.12. The van der Waals surface area contributed by atoms with E-state index in [9.17, 15) is 0 Å². The fraction of sp³-hybridized carbons (Fsp3) is 0.423. The number of aromatic nitrogens is 6. The summed E-state index contributed by atoms with van der Waals surface area (Å²) < 4.78 is 8.29. The monoisotopic (exact) mass is 489 g/mol. The molecule has 184 valence electrons. The SMILES string of the molecule is Cn1cc(-c2cnc3ccc(Nc4cc(C(C)(C)CO[Si](C)(C)C(C)(C)C)cnn4)nc3c2)cn1. The highest BCUT2D eigenvalue weighted by molar-refractivity contribution is 6.74. The maximum Gasteiger partial charge on any atom is 0.192 e. The molecule has 0 fully saturated rings. The molecule has 0 spiro atoms. The van der Waals surface area contributed by atoms with Gasteiger partial charge in [0, 0.05) is 42.6 Å². The smallest absolute Gasteiger partial charge is 0.192 e. The molecular formula is C26H35N7OSi. The molecule has 0 aliphatic heterocycles. The van der Waals surface area contributed by atoms with Gasteiger partial charge >= 0.3 is 0 Å². The van der Waals surface area contributed by atoms with Crippen LogP contribution in [-0.2, 0) is 16.9 Å². The van der Waals surface area contributed by atoms with E-state index in [2.05, 4.69) is 73.3 Å². The van der Waals surface area contributed by atoms with Crippen LogP contribution in [0.4, 0.5) is 11.6 Å². The Labute approximate surface area is 208 Å². The zero-order valence-electron chi connectivity index (χ0n) is 21.9. The van der Waals surface area contributed by atoms with Gasteiger partial charge in [0.1, 0.15) is 5.82 Å². The molecule has 4 aromatic heterocycles. The Balaban J connectivity index is 1.54. The van der Waals surface area contributed by atoms with Gasteiger partial charge in [-0.3, -0.25) is 9.67 Å². The van der Waals surface area contributed by atoms with Gasteiger partial charge in [-0.1, -0.05) is 34.6 Å². The van der Waals surface area contributed by atoms with E-state index in [0.717, 1.165) is 27.7 Å². The van der Waals surface area contributed by atoms with Crippen LogP contribution in [0.15, 0.2) is 49.1 Å². The summed E-state index contributed by atoms with van der Waals surface area (Å²) in [5.41, 5.74) is 4.45. The maximum atomic E-state index is 6.51. The third-order valence-corrected chi connectivity index (χ3v) is 11.3. The van der Waals surface area contributed by atoms with Gasteiger partial charge in [-0.25, -0.2) is 4.98 Å². The number of nitrogens with one attached hydrogen (secondary N) is 1. The fourth-order valence-corrected chi connectivity index (χ4v) is 4.55. The zero-order chi connectivity index (χ0) is 25.4. The summed E-state index contributed by atoms with van der Waals surface area (Å²) in [6.07, 6.45) is 7.44. The quantitative estimate of drug-likeness (QED) is 0.325. The number of anilines is 2. The number of pyridine rings is 2. The molecule has 0 atom stereocenters. The molecule has 0 amide bonds. The molecule has 4 aromatic rings. The Kier molecular flexibility index (Phi) is 6.50. The van der Waals surface area contributed by atoms with Crippen LogP contribution in [-0.4, -0.2) is 44.9 Å². The van der Waals surface area contributed by atoms with Gasteiger partial charge in [0.2, 0.25) is 0 Å². The van der Waals surface area contributed by atoms with E-state index in [0.29, 0.717) is 18.2 Å². The van der Waals surface area contributed by atoms with Crippen molar-refractivity contribution in [1.82, 2.24) is 29.9 Å². The first-order chi connectivity index (χ1) is 16.3. The van der Waals surface area contributed by atoms with E-state index < -0.39 is 8.32 Å². The van der Waals surface area contributed by atoms with Crippen LogP contribution >= 0.6 is 0 Å². The second-order valence-corrected chi connectivity index (χ2v) is 16.1. The molecule has 0 aliphatic rings. The first-order valence-electron chi connectivity index (χ1n) is 11.8. The van der Waals surface area contributed by atoms with Gasteiger partial charge < -0.3 is 9.74 Å². The number of fused-ring (bicyclic) bond motifs is 1. The molecule has 0 aromatic carbocycles. The number of hydrogen-bond acceptors (Lipinski definition) is 7. The summed E-state index contributed by atoms with van der Waals surface area (Å²) in [6.45, 7) is 16.3. The van der Waals surface area contributed by atoms with Gasteiger partial charge in [-0.05, 0) is 48.0 Å². The molecular weight excluding hydrogens is 454 g/mol. The Morgan fingerprint density at radius 2 is 1.71 bits per heavy atom. The van der Waals surface area contributed by atoms with Crippen molar-refractivity contribution >= 4 is 31.0 Å². The van der Waals surface area contributed by atoms with Crippen LogP contribution in [0.1, 0.15) is 40.2 Å². The Bertz CT molecular complexity index is 1340. The predicted octanol–water partition coefficient (Wildman–Crippen LogP) is 5.86. The average Bonchev–Trinajstić information content (AvgIpc) is 3.23. The van der Waals surface area contributed by atoms with Crippen molar-refractivity contribution in [2.24, 2.45) is 7.05 Å². The zero-order valence-corrected chi connectivity index (χ0v) is 22.9. The number of aryl methyl sites for hydroxylation is 1. The van der Waals surface area contributed by atoms with Gasteiger partial charge in [0.15, 0.2) is 14.1 Å². The lowest BCUT2D eigenvalue weighted by molar-refractivity contribution is 0.220. The van der Waals surface area contributed by atoms with E-state index in [1.165, 1.54) is 0 Å². The van der Waals surface area contributed by atoms with Crippen molar-refractivity contribution in [2.45, 2.75) is 58.2 Å². The van der Waals surface area contributed by atoms with Gasteiger partial charge in [0.05, 0.1) is 23.4 Å². The minimum Gasteiger partial charge on any atom is -0.416 e. The molecule has 9 heteroatoms. The van der Waals surface area contributed by atoms with Crippen molar-refractivity contribution in [3.05, 3.63) is 54.6 Å². The highest BCUT2D eigenvalue weighted by Gasteiger charge is 2.38. The summed E-state index contributed by atoms with van der Waals surface area (Å²) in [6, 6.07) is 7.90. The summed E-state index contributed by atoms with van der Waals surface area (Å²) in [4.78, 5) is 9.32. The Morgan fingerprint density at radius 1 is 0.943 bits per heavy atom. The first-order valence-corrected chi connectivity index (χ1v) is 14.7. The first kappa shape index (κ1) is 24.9. The van der Waals surface area contributed by atoms with Crippen molar-refractivity contribution < 1.29 is 4.43 Å². The van der Waals surface area contributed by atoms with Gasteiger partial charge in [-0.2, -0.15) is 10.2 Å². The Hall–Kier alpha value is -3.17. The molecule has 1 N–H and O–H groups in total. The molecule has 0 unspecified atom stereocenters. The molecule has 4 heterocycles. The normalized spacial score (nSPS) is 12.8. The van der Waals surface area contributed by atoms with Crippen molar-refractivity contribution in [2.75, 3.05) is 11.9 Å². The van der Waals surface area contributed by atoms with Crippen molar-refractivity contribution in [3.8, 4) is 11.1 Å². The summed E-state index contributed by atoms with van der Waals surface area (Å²) in [7, 11) is 0.0480. The third kappa shape index (κ3) is 5.57. The topological polar surface area (TPSA) is 90.6 Å². The summed E-state index contributed by atoms with van der Waals surface area (Å²) in [5, 5.41) is 16.3. The molecule has 8 nitrogen and oxygen atoms in total. The molecule has 4 rings (SSSR count). The molecule has 0 saturated heterocycles. The van der Waals surface area contributed by atoms with Gasteiger partial charge in [0.25, 0.3) is 0 Å². The Morgan fingerprint density at radius 3 is 2.40 bits per heavy atom. The van der Waals surface area contributed by atoms with Crippen LogP contribution in [0, 0.1) is 0 Å². The van der Waals surface area contributed by atoms with Gasteiger partial charge in [-0.15, -0.1) is 5.10 Å². The number of nitrogens with zero attached hydrogens (tertiary/aromatic N) is 6. The van der Waals surface area contributed by atoms with Crippen LogP contribution in [0.2, 0.25) is 18.1 Å². The van der Waals surface area contributed by atoms with Crippen LogP contribution < -0.4 is 5.32 Å². The van der Waals surface area contributed by atoms with E-state index in [1.54, 1.807) is 4.68 Å². The van der Waals surface area contributed by atoms with Crippen molar-refractivity contribution in [1.29, 1.82) is 0 Å². The second-order valence-electron chi connectivity index (χ2n) is 11.2. The largest absolute Gasteiger partial charge is 0.416 e. The predicted molar refractivity (Wildman–Crippen MR) is 143 cm³/mol. The lowest BCUT2D eigenvalue weighted by atomic mass is 9.87. The maximum absolute atomic E-state index is 6.51.